The molecule has 0 aromatic carbocycles. The quantitative estimate of drug-likeness (QED) is 0.652. The van der Waals surface area contributed by atoms with Gasteiger partial charge in [0.2, 0.25) is 0 Å². The first kappa shape index (κ1) is 14.5. The molecule has 0 amide bonds. The third-order valence-electron chi connectivity index (χ3n) is 2.25. The number of thioether (sulfide) groups is 1. The Morgan fingerprint density at radius 2 is 2.17 bits per heavy atom. The number of aryl methyl sites for hydroxylation is 1. The zero-order valence-electron chi connectivity index (χ0n) is 10.5. The standard InChI is InChI=1S/C12H15NO4S/c1-7(6-11(14)15)18-10-5-4-9(8(2)13-10)12(16)17-3/h4-5,7H,6H2,1-3H3,(H,14,15). The summed E-state index contributed by atoms with van der Waals surface area (Å²) in [5, 5.41) is 9.30. The first-order valence-electron chi connectivity index (χ1n) is 5.38. The normalized spacial score (nSPS) is 11.9. The van der Waals surface area contributed by atoms with Gasteiger partial charge in [-0.25, -0.2) is 9.78 Å². The van der Waals surface area contributed by atoms with E-state index in [-0.39, 0.29) is 11.7 Å². The molecule has 0 radical (unpaired) electrons. The Labute approximate surface area is 110 Å². The Bertz CT molecular complexity index is 461. The highest BCUT2D eigenvalue weighted by Gasteiger charge is 2.13. The van der Waals surface area contributed by atoms with Gasteiger partial charge in [-0.2, -0.15) is 0 Å². The van der Waals surface area contributed by atoms with Gasteiger partial charge in [-0.05, 0) is 19.1 Å². The average molecular weight is 269 g/mol. The number of hydrogen-bond donors (Lipinski definition) is 1. The number of esters is 1. The van der Waals surface area contributed by atoms with E-state index in [1.165, 1.54) is 18.9 Å². The van der Waals surface area contributed by atoms with Crippen LogP contribution < -0.4 is 0 Å². The van der Waals surface area contributed by atoms with E-state index in [1.54, 1.807) is 19.1 Å². The molecule has 5 nitrogen and oxygen atoms in total. The third kappa shape index (κ3) is 4.03. The van der Waals surface area contributed by atoms with Gasteiger partial charge in [-0.1, -0.05) is 6.92 Å². The van der Waals surface area contributed by atoms with Gasteiger partial charge >= 0.3 is 11.9 Å². The number of carbonyl (C=O) groups excluding carboxylic acids is 1. The van der Waals surface area contributed by atoms with Gasteiger partial charge in [-0.3, -0.25) is 4.79 Å². The molecule has 6 heteroatoms. The van der Waals surface area contributed by atoms with E-state index in [0.29, 0.717) is 16.3 Å². The third-order valence-corrected chi connectivity index (χ3v) is 3.29. The summed E-state index contributed by atoms with van der Waals surface area (Å²) in [7, 11) is 1.32. The van der Waals surface area contributed by atoms with Gasteiger partial charge in [0.1, 0.15) is 0 Å². The van der Waals surface area contributed by atoms with Gasteiger partial charge in [0.05, 0.1) is 29.8 Å². The van der Waals surface area contributed by atoms with Crippen LogP contribution in [0, 0.1) is 6.92 Å². The van der Waals surface area contributed by atoms with Crippen molar-refractivity contribution in [1.82, 2.24) is 4.98 Å². The van der Waals surface area contributed by atoms with E-state index in [9.17, 15) is 9.59 Å². The number of aromatic nitrogens is 1. The molecule has 1 aromatic heterocycles. The Hall–Kier alpha value is -1.56. The average Bonchev–Trinajstić information content (AvgIpc) is 2.27. The summed E-state index contributed by atoms with van der Waals surface area (Å²) in [5.41, 5.74) is 1.00. The number of aliphatic carboxylic acids is 1. The van der Waals surface area contributed by atoms with Crippen LogP contribution in [-0.4, -0.2) is 34.4 Å². The van der Waals surface area contributed by atoms with Crippen LogP contribution in [0.5, 0.6) is 0 Å². The number of nitrogens with zero attached hydrogens (tertiary/aromatic N) is 1. The van der Waals surface area contributed by atoms with Gasteiger partial charge in [0.15, 0.2) is 0 Å². The van der Waals surface area contributed by atoms with E-state index in [4.69, 9.17) is 5.11 Å². The molecule has 98 valence electrons. The van der Waals surface area contributed by atoms with Crippen LogP contribution in [0.1, 0.15) is 29.4 Å². The summed E-state index contributed by atoms with van der Waals surface area (Å²) in [6.45, 7) is 3.54. The molecule has 0 fully saturated rings. The minimum atomic E-state index is -0.835. The Morgan fingerprint density at radius 3 is 2.67 bits per heavy atom. The molecule has 0 saturated heterocycles. The summed E-state index contributed by atoms with van der Waals surface area (Å²) in [6, 6.07) is 3.34. The fourth-order valence-electron chi connectivity index (χ4n) is 1.42. The minimum absolute atomic E-state index is 0.0709. The number of ether oxygens (including phenoxy) is 1. The molecular formula is C12H15NO4S. The van der Waals surface area contributed by atoms with Crippen LogP contribution in [0.2, 0.25) is 0 Å². The lowest BCUT2D eigenvalue weighted by Gasteiger charge is -2.09. The maximum absolute atomic E-state index is 11.4. The number of methoxy groups -OCH3 is 1. The van der Waals surface area contributed by atoms with E-state index in [0.717, 1.165) is 0 Å². The molecular weight excluding hydrogens is 254 g/mol. The van der Waals surface area contributed by atoms with Gasteiger partial charge in [0.25, 0.3) is 0 Å². The second-order valence-corrected chi connectivity index (χ2v) is 5.26. The Morgan fingerprint density at radius 1 is 1.50 bits per heavy atom. The van der Waals surface area contributed by atoms with Crippen LogP contribution in [0.15, 0.2) is 17.2 Å². The van der Waals surface area contributed by atoms with Crippen LogP contribution >= 0.6 is 11.8 Å². The molecule has 0 aliphatic carbocycles. The first-order chi connectivity index (χ1) is 8.43. The summed E-state index contributed by atoms with van der Waals surface area (Å²) in [6.07, 6.45) is 0.0736. The molecule has 1 unspecified atom stereocenters. The number of rotatable bonds is 5. The van der Waals surface area contributed by atoms with Crippen molar-refractivity contribution in [2.75, 3.05) is 7.11 Å². The van der Waals surface area contributed by atoms with Crippen molar-refractivity contribution < 1.29 is 19.4 Å². The highest BCUT2D eigenvalue weighted by molar-refractivity contribution is 7.99. The minimum Gasteiger partial charge on any atom is -0.481 e. The molecule has 0 aliphatic heterocycles. The van der Waals surface area contributed by atoms with Crippen molar-refractivity contribution in [2.24, 2.45) is 0 Å². The number of hydrogen-bond acceptors (Lipinski definition) is 5. The highest BCUT2D eigenvalue weighted by atomic mass is 32.2. The summed E-state index contributed by atoms with van der Waals surface area (Å²) in [4.78, 5) is 26.2. The molecule has 0 aliphatic rings. The van der Waals surface area contributed by atoms with Crippen molar-refractivity contribution >= 4 is 23.7 Å². The van der Waals surface area contributed by atoms with Crippen LogP contribution in [0.25, 0.3) is 0 Å². The molecule has 1 atom stereocenters. The Balaban J connectivity index is 2.78. The monoisotopic (exact) mass is 269 g/mol. The van der Waals surface area contributed by atoms with E-state index < -0.39 is 11.9 Å². The highest BCUT2D eigenvalue weighted by Crippen LogP contribution is 2.24. The lowest BCUT2D eigenvalue weighted by atomic mass is 10.2. The molecule has 0 spiro atoms. The van der Waals surface area contributed by atoms with Gasteiger partial charge < -0.3 is 9.84 Å². The maximum Gasteiger partial charge on any atom is 0.339 e. The maximum atomic E-state index is 11.4. The molecule has 1 aromatic rings. The zero-order valence-corrected chi connectivity index (χ0v) is 11.3. The molecule has 18 heavy (non-hydrogen) atoms. The van der Waals surface area contributed by atoms with Crippen LogP contribution in [0.3, 0.4) is 0 Å². The Kier molecular flexibility index (Phi) is 5.15. The van der Waals surface area contributed by atoms with Crippen molar-refractivity contribution in [3.8, 4) is 0 Å². The largest absolute Gasteiger partial charge is 0.481 e. The summed E-state index contributed by atoms with van der Waals surface area (Å²) < 4.78 is 4.63. The predicted molar refractivity (Wildman–Crippen MR) is 67.9 cm³/mol. The topological polar surface area (TPSA) is 76.5 Å². The van der Waals surface area contributed by atoms with Crippen molar-refractivity contribution in [3.63, 3.8) is 0 Å². The van der Waals surface area contributed by atoms with E-state index >= 15 is 0 Å². The SMILES string of the molecule is COC(=O)c1ccc(SC(C)CC(=O)O)nc1C. The summed E-state index contributed by atoms with van der Waals surface area (Å²) in [5.74, 6) is -1.26. The fraction of sp³-hybridized carbons (Fsp3) is 0.417. The van der Waals surface area contributed by atoms with Crippen molar-refractivity contribution in [2.45, 2.75) is 30.5 Å². The number of pyridine rings is 1. The molecule has 0 bridgehead atoms. The molecule has 1 heterocycles. The van der Waals surface area contributed by atoms with E-state index in [2.05, 4.69) is 9.72 Å². The predicted octanol–water partition coefficient (Wildman–Crippen LogP) is 2.13. The van der Waals surface area contributed by atoms with Crippen LogP contribution in [-0.2, 0) is 9.53 Å². The smallest absolute Gasteiger partial charge is 0.339 e. The second-order valence-electron chi connectivity index (χ2n) is 3.80. The van der Waals surface area contributed by atoms with Crippen molar-refractivity contribution in [1.29, 1.82) is 0 Å². The lowest BCUT2D eigenvalue weighted by Crippen LogP contribution is -2.08. The van der Waals surface area contributed by atoms with E-state index in [1.807, 2.05) is 6.92 Å². The second kappa shape index (κ2) is 6.39. The fourth-order valence-corrected chi connectivity index (χ4v) is 2.40. The van der Waals surface area contributed by atoms with Crippen molar-refractivity contribution in [3.05, 3.63) is 23.4 Å². The molecule has 1 rings (SSSR count). The molecule has 0 saturated carbocycles. The molecule has 1 N–H and O–H groups in total. The van der Waals surface area contributed by atoms with Crippen LogP contribution in [0.4, 0.5) is 0 Å². The number of carbonyl (C=O) groups is 2. The zero-order chi connectivity index (χ0) is 13.7. The van der Waals surface area contributed by atoms with Gasteiger partial charge in [-0.15, -0.1) is 11.8 Å². The number of carboxylic acids is 1. The summed E-state index contributed by atoms with van der Waals surface area (Å²) >= 11 is 1.37. The number of carboxylic acid groups (broad SMARTS) is 1. The lowest BCUT2D eigenvalue weighted by molar-refractivity contribution is -0.136. The van der Waals surface area contributed by atoms with Gasteiger partial charge in [0, 0.05) is 5.25 Å². The first-order valence-corrected chi connectivity index (χ1v) is 6.26.